The third-order valence-corrected chi connectivity index (χ3v) is 4.80. The average molecular weight is 347 g/mol. The van der Waals surface area contributed by atoms with Crippen LogP contribution >= 0.6 is 12.4 Å². The Morgan fingerprint density at radius 2 is 1.65 bits per heavy atom. The standard InChI is InChI=1S/C16H30N4O2.ClH/c1-13-3-5-14(6-4-13)18-15(21)12-19-7-9-20(10-8-19)16(22)11-17-2;/h13-14,17H,3-12H2,1-2H3,(H,18,21);1H. The van der Waals surface area contributed by atoms with Crippen molar-refractivity contribution in [3.63, 3.8) is 0 Å². The van der Waals surface area contributed by atoms with Gasteiger partial charge in [-0.15, -0.1) is 12.4 Å². The molecule has 0 aromatic rings. The van der Waals surface area contributed by atoms with Gasteiger partial charge in [-0.3, -0.25) is 14.5 Å². The summed E-state index contributed by atoms with van der Waals surface area (Å²) in [5.41, 5.74) is 0. The Bertz CT molecular complexity index is 378. The lowest BCUT2D eigenvalue weighted by atomic mass is 9.87. The fourth-order valence-corrected chi connectivity index (χ4v) is 3.30. The average Bonchev–Trinajstić information content (AvgIpc) is 2.50. The second kappa shape index (κ2) is 10.1. The maximum absolute atomic E-state index is 12.1. The fraction of sp³-hybridized carbons (Fsp3) is 0.875. The van der Waals surface area contributed by atoms with Crippen molar-refractivity contribution in [2.75, 3.05) is 46.3 Å². The molecule has 1 aliphatic carbocycles. The van der Waals surface area contributed by atoms with E-state index in [9.17, 15) is 9.59 Å². The van der Waals surface area contributed by atoms with Crippen molar-refractivity contribution >= 4 is 24.2 Å². The predicted octanol–water partition coefficient (Wildman–Crippen LogP) is 0.467. The van der Waals surface area contributed by atoms with E-state index in [-0.39, 0.29) is 24.2 Å². The molecule has 0 atom stereocenters. The van der Waals surface area contributed by atoms with Gasteiger partial charge in [0.1, 0.15) is 0 Å². The van der Waals surface area contributed by atoms with Crippen LogP contribution in [0.25, 0.3) is 0 Å². The highest BCUT2D eigenvalue weighted by Gasteiger charge is 2.24. The highest BCUT2D eigenvalue weighted by molar-refractivity contribution is 5.85. The summed E-state index contributed by atoms with van der Waals surface area (Å²) in [6.07, 6.45) is 4.66. The van der Waals surface area contributed by atoms with Crippen molar-refractivity contribution in [2.45, 2.75) is 38.6 Å². The van der Waals surface area contributed by atoms with Crippen molar-refractivity contribution in [1.82, 2.24) is 20.4 Å². The van der Waals surface area contributed by atoms with Gasteiger partial charge in [0.2, 0.25) is 11.8 Å². The van der Waals surface area contributed by atoms with Crippen molar-refractivity contribution in [3.05, 3.63) is 0 Å². The SMILES string of the molecule is CNCC(=O)N1CCN(CC(=O)NC2CCC(C)CC2)CC1.Cl. The van der Waals surface area contributed by atoms with E-state index in [1.165, 1.54) is 12.8 Å². The molecular formula is C16H31ClN4O2. The van der Waals surface area contributed by atoms with Crippen LogP contribution < -0.4 is 10.6 Å². The van der Waals surface area contributed by atoms with Crippen molar-refractivity contribution in [3.8, 4) is 0 Å². The van der Waals surface area contributed by atoms with E-state index in [0.29, 0.717) is 19.1 Å². The van der Waals surface area contributed by atoms with Gasteiger partial charge >= 0.3 is 0 Å². The number of carbonyl (C=O) groups is 2. The molecule has 134 valence electrons. The quantitative estimate of drug-likeness (QED) is 0.759. The Labute approximate surface area is 145 Å². The smallest absolute Gasteiger partial charge is 0.236 e. The first-order chi connectivity index (χ1) is 10.6. The highest BCUT2D eigenvalue weighted by atomic mass is 35.5. The van der Waals surface area contributed by atoms with Gasteiger partial charge in [0.25, 0.3) is 0 Å². The van der Waals surface area contributed by atoms with E-state index in [2.05, 4.69) is 22.5 Å². The Hall–Kier alpha value is -0.850. The number of rotatable bonds is 5. The summed E-state index contributed by atoms with van der Waals surface area (Å²) in [7, 11) is 1.78. The number of carbonyl (C=O) groups excluding carboxylic acids is 2. The molecule has 0 radical (unpaired) electrons. The molecular weight excluding hydrogens is 316 g/mol. The topological polar surface area (TPSA) is 64.7 Å². The van der Waals surface area contributed by atoms with Gasteiger partial charge in [-0.25, -0.2) is 0 Å². The van der Waals surface area contributed by atoms with Crippen LogP contribution in [0.15, 0.2) is 0 Å². The first-order valence-electron chi connectivity index (χ1n) is 8.52. The van der Waals surface area contributed by atoms with Crippen LogP contribution in [0.3, 0.4) is 0 Å². The number of hydrogen-bond donors (Lipinski definition) is 2. The zero-order valence-electron chi connectivity index (χ0n) is 14.3. The predicted molar refractivity (Wildman–Crippen MR) is 93.8 cm³/mol. The zero-order valence-corrected chi connectivity index (χ0v) is 15.2. The molecule has 1 heterocycles. The Kier molecular flexibility index (Phi) is 8.87. The van der Waals surface area contributed by atoms with Gasteiger partial charge in [0, 0.05) is 32.2 Å². The van der Waals surface area contributed by atoms with Gasteiger partial charge in [-0.2, -0.15) is 0 Å². The summed E-state index contributed by atoms with van der Waals surface area (Å²) >= 11 is 0. The van der Waals surface area contributed by atoms with Crippen LogP contribution in [0.4, 0.5) is 0 Å². The molecule has 7 heteroatoms. The number of amides is 2. The maximum Gasteiger partial charge on any atom is 0.236 e. The Balaban J connectivity index is 0.00000264. The lowest BCUT2D eigenvalue weighted by Crippen LogP contribution is -2.53. The van der Waals surface area contributed by atoms with E-state index in [1.54, 1.807) is 7.05 Å². The lowest BCUT2D eigenvalue weighted by molar-refractivity contribution is -0.132. The molecule has 0 aromatic carbocycles. The van der Waals surface area contributed by atoms with Gasteiger partial charge in [-0.05, 0) is 38.6 Å². The first-order valence-corrected chi connectivity index (χ1v) is 8.52. The summed E-state index contributed by atoms with van der Waals surface area (Å²) in [6, 6.07) is 0.363. The third kappa shape index (κ3) is 6.65. The van der Waals surface area contributed by atoms with Crippen LogP contribution in [0.2, 0.25) is 0 Å². The van der Waals surface area contributed by atoms with Gasteiger partial charge in [-0.1, -0.05) is 6.92 Å². The molecule has 0 aromatic heterocycles. The minimum atomic E-state index is 0. The summed E-state index contributed by atoms with van der Waals surface area (Å²) in [5, 5.41) is 6.06. The number of nitrogens with one attached hydrogen (secondary N) is 2. The molecule has 0 spiro atoms. The van der Waals surface area contributed by atoms with Crippen molar-refractivity contribution in [2.24, 2.45) is 5.92 Å². The fourth-order valence-electron chi connectivity index (χ4n) is 3.30. The van der Waals surface area contributed by atoms with E-state index in [0.717, 1.165) is 44.9 Å². The molecule has 2 N–H and O–H groups in total. The maximum atomic E-state index is 12.1. The number of piperazine rings is 1. The molecule has 2 fully saturated rings. The second-order valence-corrected chi connectivity index (χ2v) is 6.71. The minimum Gasteiger partial charge on any atom is -0.352 e. The van der Waals surface area contributed by atoms with E-state index < -0.39 is 0 Å². The minimum absolute atomic E-state index is 0. The molecule has 6 nitrogen and oxygen atoms in total. The summed E-state index contributed by atoms with van der Waals surface area (Å²) in [4.78, 5) is 27.9. The van der Waals surface area contributed by atoms with Gasteiger partial charge in [0.15, 0.2) is 0 Å². The summed E-state index contributed by atoms with van der Waals surface area (Å²) < 4.78 is 0. The van der Waals surface area contributed by atoms with E-state index in [1.807, 2.05) is 4.90 Å². The molecule has 23 heavy (non-hydrogen) atoms. The Morgan fingerprint density at radius 1 is 1.04 bits per heavy atom. The van der Waals surface area contributed by atoms with E-state index >= 15 is 0 Å². The van der Waals surface area contributed by atoms with Gasteiger partial charge in [0.05, 0.1) is 13.1 Å². The van der Waals surface area contributed by atoms with Crippen LogP contribution in [-0.2, 0) is 9.59 Å². The lowest BCUT2D eigenvalue weighted by Gasteiger charge is -2.35. The zero-order chi connectivity index (χ0) is 15.9. The van der Waals surface area contributed by atoms with Crippen molar-refractivity contribution < 1.29 is 9.59 Å². The molecule has 1 saturated heterocycles. The summed E-state index contributed by atoms with van der Waals surface area (Å²) in [5.74, 6) is 1.08. The van der Waals surface area contributed by atoms with Crippen LogP contribution in [-0.4, -0.2) is 74.0 Å². The normalized spacial score (nSPS) is 25.6. The molecule has 2 rings (SSSR count). The largest absolute Gasteiger partial charge is 0.352 e. The number of hydrogen-bond acceptors (Lipinski definition) is 4. The van der Waals surface area contributed by atoms with Crippen LogP contribution in [0.5, 0.6) is 0 Å². The molecule has 0 bridgehead atoms. The molecule has 1 aliphatic heterocycles. The molecule has 2 aliphatic rings. The first kappa shape index (κ1) is 20.2. The number of halogens is 1. The molecule has 1 saturated carbocycles. The summed E-state index contributed by atoms with van der Waals surface area (Å²) in [6.45, 7) is 6.13. The van der Waals surface area contributed by atoms with Crippen molar-refractivity contribution in [1.29, 1.82) is 0 Å². The molecule has 2 amide bonds. The Morgan fingerprint density at radius 3 is 2.22 bits per heavy atom. The monoisotopic (exact) mass is 346 g/mol. The van der Waals surface area contributed by atoms with Crippen LogP contribution in [0.1, 0.15) is 32.6 Å². The van der Waals surface area contributed by atoms with Gasteiger partial charge < -0.3 is 15.5 Å². The van der Waals surface area contributed by atoms with Crippen LogP contribution in [0, 0.1) is 5.92 Å². The van der Waals surface area contributed by atoms with E-state index in [4.69, 9.17) is 0 Å². The number of likely N-dealkylation sites (N-methyl/N-ethyl adjacent to an activating group) is 1. The second-order valence-electron chi connectivity index (χ2n) is 6.71. The highest BCUT2D eigenvalue weighted by Crippen LogP contribution is 2.23. The third-order valence-electron chi connectivity index (χ3n) is 4.80. The molecule has 0 unspecified atom stereocenters. The number of nitrogens with zero attached hydrogens (tertiary/aromatic N) is 2.